The Labute approximate surface area is 138 Å². The number of rotatable bonds is 3. The van der Waals surface area contributed by atoms with Crippen molar-refractivity contribution in [2.75, 3.05) is 0 Å². The predicted octanol–water partition coefficient (Wildman–Crippen LogP) is 3.43. The minimum atomic E-state index is 0.256. The average Bonchev–Trinajstić information content (AvgIpc) is 3.21. The molecule has 0 saturated carbocycles. The second-order valence-corrected chi connectivity index (χ2v) is 6.01. The van der Waals surface area contributed by atoms with Gasteiger partial charge in [-0.25, -0.2) is 4.68 Å². The Bertz CT molecular complexity index is 1020. The lowest BCUT2D eigenvalue weighted by Crippen LogP contribution is -2.02. The lowest BCUT2D eigenvalue weighted by molar-refractivity contribution is 0.432. The van der Waals surface area contributed by atoms with Crippen LogP contribution in [0.4, 0.5) is 0 Å². The largest absolute Gasteiger partial charge is 0.334 e. The van der Waals surface area contributed by atoms with E-state index in [1.54, 1.807) is 12.4 Å². The second kappa shape index (κ2) is 5.52. The third-order valence-corrected chi connectivity index (χ3v) is 3.77. The van der Waals surface area contributed by atoms with Gasteiger partial charge in [0.05, 0.1) is 11.1 Å². The van der Waals surface area contributed by atoms with E-state index in [9.17, 15) is 0 Å². The van der Waals surface area contributed by atoms with Gasteiger partial charge in [-0.15, -0.1) is 5.10 Å². The molecule has 1 aromatic carbocycles. The molecular formula is C17H16N6O. The standard InChI is InChI=1S/C17H16N6O/c1-10(2)23-15-5-4-12(7-14(15)20-22-23)16-19-17(24-21-16)13-6-11(3)8-18-9-13/h4-10H,1-3H3. The second-order valence-electron chi connectivity index (χ2n) is 6.01. The lowest BCUT2D eigenvalue weighted by atomic mass is 10.2. The summed E-state index contributed by atoms with van der Waals surface area (Å²) >= 11 is 0. The fourth-order valence-electron chi connectivity index (χ4n) is 2.59. The fourth-order valence-corrected chi connectivity index (χ4v) is 2.59. The van der Waals surface area contributed by atoms with Crippen molar-refractivity contribution in [1.82, 2.24) is 30.1 Å². The number of aryl methyl sites for hydroxylation is 1. The number of benzene rings is 1. The summed E-state index contributed by atoms with van der Waals surface area (Å²) in [6, 6.07) is 8.07. The van der Waals surface area contributed by atoms with Gasteiger partial charge in [-0.2, -0.15) is 4.98 Å². The van der Waals surface area contributed by atoms with E-state index in [1.165, 1.54) is 0 Å². The first-order valence-corrected chi connectivity index (χ1v) is 7.73. The van der Waals surface area contributed by atoms with Crippen LogP contribution < -0.4 is 0 Å². The summed E-state index contributed by atoms with van der Waals surface area (Å²) in [4.78, 5) is 8.62. The molecule has 0 N–H and O–H groups in total. The van der Waals surface area contributed by atoms with Gasteiger partial charge in [-0.3, -0.25) is 4.98 Å². The van der Waals surface area contributed by atoms with Crippen molar-refractivity contribution in [2.45, 2.75) is 26.8 Å². The number of pyridine rings is 1. The van der Waals surface area contributed by atoms with Crippen molar-refractivity contribution < 1.29 is 4.52 Å². The maximum Gasteiger partial charge on any atom is 0.259 e. The molecule has 0 radical (unpaired) electrons. The van der Waals surface area contributed by atoms with Crippen molar-refractivity contribution in [2.24, 2.45) is 0 Å². The highest BCUT2D eigenvalue weighted by atomic mass is 16.5. The summed E-state index contributed by atoms with van der Waals surface area (Å²) in [5.74, 6) is 0.972. The number of aromatic nitrogens is 6. The van der Waals surface area contributed by atoms with E-state index in [1.807, 2.05) is 35.9 Å². The highest BCUT2D eigenvalue weighted by Gasteiger charge is 2.14. The van der Waals surface area contributed by atoms with Crippen LogP contribution >= 0.6 is 0 Å². The van der Waals surface area contributed by atoms with Gasteiger partial charge in [-0.1, -0.05) is 10.4 Å². The minimum Gasteiger partial charge on any atom is -0.334 e. The van der Waals surface area contributed by atoms with Crippen molar-refractivity contribution in [1.29, 1.82) is 0 Å². The van der Waals surface area contributed by atoms with E-state index in [4.69, 9.17) is 4.52 Å². The molecule has 7 heteroatoms. The Morgan fingerprint density at radius 3 is 2.75 bits per heavy atom. The minimum absolute atomic E-state index is 0.256. The van der Waals surface area contributed by atoms with Crippen LogP contribution in [0.25, 0.3) is 33.9 Å². The van der Waals surface area contributed by atoms with Crippen molar-refractivity contribution >= 4 is 11.0 Å². The van der Waals surface area contributed by atoms with Gasteiger partial charge >= 0.3 is 0 Å². The first-order chi connectivity index (χ1) is 11.6. The van der Waals surface area contributed by atoms with Gasteiger partial charge in [0, 0.05) is 24.0 Å². The first-order valence-electron chi connectivity index (χ1n) is 7.73. The van der Waals surface area contributed by atoms with Gasteiger partial charge in [-0.05, 0) is 50.6 Å². The molecule has 3 aromatic heterocycles. The molecule has 0 fully saturated rings. The number of nitrogens with zero attached hydrogens (tertiary/aromatic N) is 6. The molecule has 7 nitrogen and oxygen atoms in total. The van der Waals surface area contributed by atoms with E-state index >= 15 is 0 Å². The summed E-state index contributed by atoms with van der Waals surface area (Å²) < 4.78 is 7.26. The monoisotopic (exact) mass is 320 g/mol. The van der Waals surface area contributed by atoms with Crippen molar-refractivity contribution in [3.8, 4) is 22.8 Å². The van der Waals surface area contributed by atoms with Crippen LogP contribution in [0.2, 0.25) is 0 Å². The van der Waals surface area contributed by atoms with Crippen LogP contribution in [-0.2, 0) is 0 Å². The van der Waals surface area contributed by atoms with Gasteiger partial charge in [0.1, 0.15) is 5.52 Å². The molecule has 0 aliphatic rings. The van der Waals surface area contributed by atoms with Crippen molar-refractivity contribution in [3.05, 3.63) is 42.2 Å². The highest BCUT2D eigenvalue weighted by molar-refractivity contribution is 5.80. The molecule has 0 aliphatic heterocycles. The summed E-state index contributed by atoms with van der Waals surface area (Å²) in [7, 11) is 0. The van der Waals surface area contributed by atoms with E-state index < -0.39 is 0 Å². The Hall–Kier alpha value is -3.09. The van der Waals surface area contributed by atoms with Gasteiger partial charge in [0.25, 0.3) is 5.89 Å². The molecule has 120 valence electrons. The number of hydrogen-bond donors (Lipinski definition) is 0. The topological polar surface area (TPSA) is 82.5 Å². The first kappa shape index (κ1) is 14.5. The molecule has 0 atom stereocenters. The maximum absolute atomic E-state index is 5.37. The smallest absolute Gasteiger partial charge is 0.259 e. The van der Waals surface area contributed by atoms with Gasteiger partial charge in [0.2, 0.25) is 5.82 Å². The van der Waals surface area contributed by atoms with Gasteiger partial charge in [0.15, 0.2) is 0 Å². The molecule has 3 heterocycles. The van der Waals surface area contributed by atoms with Crippen LogP contribution in [0.1, 0.15) is 25.5 Å². The van der Waals surface area contributed by atoms with E-state index in [0.29, 0.717) is 11.7 Å². The quantitative estimate of drug-likeness (QED) is 0.575. The molecule has 0 aliphatic carbocycles. The summed E-state index contributed by atoms with van der Waals surface area (Å²) in [6.07, 6.45) is 3.49. The molecule has 4 rings (SSSR count). The predicted molar refractivity (Wildman–Crippen MR) is 89.2 cm³/mol. The van der Waals surface area contributed by atoms with Crippen LogP contribution in [0, 0.1) is 6.92 Å². The van der Waals surface area contributed by atoms with E-state index in [-0.39, 0.29) is 6.04 Å². The van der Waals surface area contributed by atoms with Crippen LogP contribution in [0.3, 0.4) is 0 Å². The number of fused-ring (bicyclic) bond motifs is 1. The van der Waals surface area contributed by atoms with Crippen LogP contribution in [0.5, 0.6) is 0 Å². The van der Waals surface area contributed by atoms with E-state index in [0.717, 1.165) is 27.7 Å². The Kier molecular flexibility index (Phi) is 3.34. The lowest BCUT2D eigenvalue weighted by Gasteiger charge is -2.04. The van der Waals surface area contributed by atoms with Gasteiger partial charge < -0.3 is 4.52 Å². The maximum atomic E-state index is 5.37. The third kappa shape index (κ3) is 2.44. The number of hydrogen-bond acceptors (Lipinski definition) is 6. The van der Waals surface area contributed by atoms with E-state index in [2.05, 4.69) is 39.3 Å². The zero-order chi connectivity index (χ0) is 16.7. The SMILES string of the molecule is Cc1cncc(-c2nc(-c3ccc4c(c3)nnn4C(C)C)no2)c1. The molecule has 0 saturated heterocycles. The summed E-state index contributed by atoms with van der Waals surface area (Å²) in [5.41, 5.74) is 4.48. The molecule has 0 bridgehead atoms. The Balaban J connectivity index is 1.73. The van der Waals surface area contributed by atoms with Crippen LogP contribution in [0.15, 0.2) is 41.2 Å². The molecule has 4 aromatic rings. The molecule has 24 heavy (non-hydrogen) atoms. The molecule has 0 amide bonds. The molecule has 0 spiro atoms. The third-order valence-electron chi connectivity index (χ3n) is 3.77. The Morgan fingerprint density at radius 2 is 1.96 bits per heavy atom. The Morgan fingerprint density at radius 1 is 1.08 bits per heavy atom. The normalized spacial score (nSPS) is 11.5. The van der Waals surface area contributed by atoms with Crippen LogP contribution in [-0.4, -0.2) is 30.1 Å². The average molecular weight is 320 g/mol. The zero-order valence-corrected chi connectivity index (χ0v) is 13.6. The zero-order valence-electron chi connectivity index (χ0n) is 13.6. The van der Waals surface area contributed by atoms with Crippen molar-refractivity contribution in [3.63, 3.8) is 0 Å². The fraction of sp³-hybridized carbons (Fsp3) is 0.235. The summed E-state index contributed by atoms with van der Waals surface area (Å²) in [6.45, 7) is 6.12. The summed E-state index contributed by atoms with van der Waals surface area (Å²) in [5, 5.41) is 12.5. The molecule has 0 unspecified atom stereocenters. The highest BCUT2D eigenvalue weighted by Crippen LogP contribution is 2.25. The molecular weight excluding hydrogens is 304 g/mol.